The van der Waals surface area contributed by atoms with E-state index in [0.29, 0.717) is 6.42 Å². The molecule has 1 unspecified atom stereocenters. The van der Waals surface area contributed by atoms with E-state index in [1.807, 2.05) is 0 Å². The average molecular weight is 125 g/mol. The number of esters is 1. The van der Waals surface area contributed by atoms with Gasteiger partial charge in [0, 0.05) is 0 Å². The first-order chi connectivity index (χ1) is 4.22. The Kier molecular flexibility index (Phi) is 3.81. The van der Waals surface area contributed by atoms with Gasteiger partial charge < -0.3 is 0 Å². The Morgan fingerprint density at radius 2 is 2.44 bits per heavy atom. The van der Waals surface area contributed by atoms with Gasteiger partial charge in [-0.25, -0.2) is 0 Å². The summed E-state index contributed by atoms with van der Waals surface area (Å²) >= 11 is 0. The van der Waals surface area contributed by atoms with Crippen LogP contribution in [0.4, 0.5) is 0 Å². The van der Waals surface area contributed by atoms with Crippen molar-refractivity contribution in [3.05, 3.63) is 6.42 Å². The fraction of sp³-hybridized carbons (Fsp3) is 0.571. The summed E-state index contributed by atoms with van der Waals surface area (Å²) in [6.07, 6.45) is 6.88. The van der Waals surface area contributed by atoms with Gasteiger partial charge in [0.15, 0.2) is 0 Å². The summed E-state index contributed by atoms with van der Waals surface area (Å²) in [5.41, 5.74) is 0. The molecule has 0 rings (SSSR count). The summed E-state index contributed by atoms with van der Waals surface area (Å²) in [6.45, 7) is 1.70. The summed E-state index contributed by atoms with van der Waals surface area (Å²) in [6, 6.07) is 0. The van der Waals surface area contributed by atoms with Crippen molar-refractivity contribution in [2.75, 3.05) is 7.11 Å². The van der Waals surface area contributed by atoms with E-state index in [4.69, 9.17) is 6.42 Å². The summed E-state index contributed by atoms with van der Waals surface area (Å²) in [5.74, 6) is 1.62. The van der Waals surface area contributed by atoms with E-state index in [-0.39, 0.29) is 11.9 Å². The molecule has 0 aliphatic carbocycles. The van der Waals surface area contributed by atoms with E-state index in [2.05, 4.69) is 10.7 Å². The first-order valence-corrected chi connectivity index (χ1v) is 2.69. The molecule has 0 aliphatic rings. The van der Waals surface area contributed by atoms with Crippen molar-refractivity contribution in [3.63, 3.8) is 0 Å². The molecule has 9 heavy (non-hydrogen) atoms. The predicted molar refractivity (Wildman–Crippen MR) is 32.9 cm³/mol. The van der Waals surface area contributed by atoms with Gasteiger partial charge in [0.2, 0.25) is 0 Å². The maximum atomic E-state index is 10.6. The van der Waals surface area contributed by atoms with E-state index >= 15 is 0 Å². The topological polar surface area (TPSA) is 26.3 Å². The normalized spacial score (nSPS) is 12.0. The molecule has 0 spiro atoms. The Balaban J connectivity index is 3.62. The maximum absolute atomic E-state index is 10.6. The zero-order valence-electron chi connectivity index (χ0n) is 5.60. The van der Waals surface area contributed by atoms with Gasteiger partial charge in [0.05, 0.1) is 0 Å². The van der Waals surface area contributed by atoms with Crippen LogP contribution in [-0.2, 0) is 9.53 Å². The van der Waals surface area contributed by atoms with Gasteiger partial charge in [0.25, 0.3) is 0 Å². The number of methoxy groups -OCH3 is 1. The molecule has 0 amide bonds. The van der Waals surface area contributed by atoms with Crippen LogP contribution in [0.3, 0.4) is 0 Å². The van der Waals surface area contributed by atoms with Crippen LogP contribution < -0.4 is 0 Å². The number of carbonyl (C=O) groups is 1. The van der Waals surface area contributed by atoms with Crippen molar-refractivity contribution < 1.29 is 9.53 Å². The quantitative estimate of drug-likeness (QED) is 0.309. The molecule has 2 heteroatoms. The fourth-order valence-electron chi connectivity index (χ4n) is 0.438. The molecule has 0 N–H and O–H groups in total. The van der Waals surface area contributed by atoms with Crippen molar-refractivity contribution in [2.24, 2.45) is 5.92 Å². The average Bonchev–Trinajstić information content (AvgIpc) is 1.87. The van der Waals surface area contributed by atoms with Crippen LogP contribution in [0.25, 0.3) is 0 Å². The Bertz CT molecular complexity index is 132. The number of hydrogen-bond donors (Lipinski definition) is 0. The monoisotopic (exact) mass is 125 g/mol. The van der Waals surface area contributed by atoms with Crippen molar-refractivity contribution in [2.45, 2.75) is 13.3 Å². The molecule has 0 aliphatic heterocycles. The van der Waals surface area contributed by atoms with Crippen LogP contribution in [0.2, 0.25) is 0 Å². The third-order valence-electron chi connectivity index (χ3n) is 1.01. The van der Waals surface area contributed by atoms with Gasteiger partial charge >= 0.3 is 54.2 Å². The van der Waals surface area contributed by atoms with Crippen LogP contribution >= 0.6 is 0 Å². The summed E-state index contributed by atoms with van der Waals surface area (Å²) in [5, 5.41) is 0. The number of carbonyl (C=O) groups excluding carboxylic acids is 1. The van der Waals surface area contributed by atoms with Crippen molar-refractivity contribution in [1.29, 1.82) is 0 Å². The van der Waals surface area contributed by atoms with E-state index < -0.39 is 0 Å². The molecule has 0 saturated carbocycles. The van der Waals surface area contributed by atoms with E-state index in [1.165, 1.54) is 7.11 Å². The summed E-state index contributed by atoms with van der Waals surface area (Å²) < 4.78 is 4.40. The molecule has 0 aromatic rings. The van der Waals surface area contributed by atoms with Crippen LogP contribution in [0.15, 0.2) is 0 Å². The molecular formula is C7H9O2+. The summed E-state index contributed by atoms with van der Waals surface area (Å²) in [4.78, 5) is 10.6. The molecular weight excluding hydrogens is 116 g/mol. The SMILES string of the molecule is [C+]#CCC(C)C(=O)OC. The Morgan fingerprint density at radius 1 is 1.89 bits per heavy atom. The van der Waals surface area contributed by atoms with Gasteiger partial charge in [-0.1, -0.05) is 0 Å². The van der Waals surface area contributed by atoms with Crippen molar-refractivity contribution in [3.8, 4) is 5.92 Å². The van der Waals surface area contributed by atoms with Crippen LogP contribution in [0.1, 0.15) is 13.3 Å². The van der Waals surface area contributed by atoms with Gasteiger partial charge in [0.1, 0.15) is 0 Å². The second-order valence-electron chi connectivity index (χ2n) is 1.81. The number of rotatable bonds is 2. The van der Waals surface area contributed by atoms with Crippen LogP contribution in [-0.4, -0.2) is 13.1 Å². The molecule has 0 radical (unpaired) electrons. The first kappa shape index (κ1) is 8.25. The van der Waals surface area contributed by atoms with E-state index in [0.717, 1.165) is 0 Å². The number of ether oxygens (including phenoxy) is 1. The first-order valence-electron chi connectivity index (χ1n) is 2.69. The fourth-order valence-corrected chi connectivity index (χ4v) is 0.438. The van der Waals surface area contributed by atoms with Crippen LogP contribution in [0, 0.1) is 18.3 Å². The van der Waals surface area contributed by atoms with Crippen molar-refractivity contribution >= 4 is 5.97 Å². The predicted octanol–water partition coefficient (Wildman–Crippen LogP) is 0.775. The zero-order valence-corrected chi connectivity index (χ0v) is 5.60. The van der Waals surface area contributed by atoms with Gasteiger partial charge in [-0.2, -0.15) is 0 Å². The Morgan fingerprint density at radius 3 is 2.78 bits per heavy atom. The molecule has 2 nitrogen and oxygen atoms in total. The second-order valence-corrected chi connectivity index (χ2v) is 1.81. The summed E-state index contributed by atoms with van der Waals surface area (Å²) in [7, 11) is 1.34. The van der Waals surface area contributed by atoms with Crippen LogP contribution in [0.5, 0.6) is 0 Å². The molecule has 48 valence electrons. The minimum absolute atomic E-state index is 0.229. The van der Waals surface area contributed by atoms with Gasteiger partial charge in [-0.3, -0.25) is 0 Å². The molecule has 0 heterocycles. The third-order valence-corrected chi connectivity index (χ3v) is 1.01. The third kappa shape index (κ3) is 2.94. The van der Waals surface area contributed by atoms with Gasteiger partial charge in [-0.05, 0) is 0 Å². The Labute approximate surface area is 55.2 Å². The standard InChI is InChI=1S/C7H9O2/c1-4-5-6(2)7(8)9-3/h6H,5H2,2-3H3/q+1. The number of hydrogen-bond acceptors (Lipinski definition) is 2. The zero-order chi connectivity index (χ0) is 7.28. The van der Waals surface area contributed by atoms with E-state index in [1.54, 1.807) is 6.92 Å². The molecule has 0 aromatic heterocycles. The second kappa shape index (κ2) is 4.16. The molecule has 0 aromatic carbocycles. The molecule has 0 fully saturated rings. The molecule has 1 atom stereocenters. The minimum atomic E-state index is -0.283. The molecule has 0 bridgehead atoms. The van der Waals surface area contributed by atoms with Gasteiger partial charge in [-0.15, -0.1) is 0 Å². The Hall–Kier alpha value is -0.750. The van der Waals surface area contributed by atoms with E-state index in [9.17, 15) is 4.79 Å². The molecule has 0 saturated heterocycles. The van der Waals surface area contributed by atoms with Crippen molar-refractivity contribution in [1.82, 2.24) is 0 Å².